The third-order valence-corrected chi connectivity index (χ3v) is 10.2. The number of allylic oxidation sites excluding steroid dienone is 2. The summed E-state index contributed by atoms with van der Waals surface area (Å²) >= 11 is 0. The first-order valence-electron chi connectivity index (χ1n) is 21.6. The lowest BCUT2D eigenvalue weighted by atomic mass is 9.99. The van der Waals surface area contributed by atoms with Crippen LogP contribution in [0.2, 0.25) is 0 Å². The highest BCUT2D eigenvalue weighted by Gasteiger charge is 2.28. The SMILES string of the molecule is CCCCCCCCC=CCCCCCCCC(O)C(O)C(CO)NC(=O)C(O)CCCCCCCCCCCCCCCCCCCC. The van der Waals surface area contributed by atoms with Crippen molar-refractivity contribution in [2.24, 2.45) is 0 Å². The van der Waals surface area contributed by atoms with E-state index in [9.17, 15) is 25.2 Å². The summed E-state index contributed by atoms with van der Waals surface area (Å²) in [6.45, 7) is 4.04. The van der Waals surface area contributed by atoms with Crippen molar-refractivity contribution in [2.75, 3.05) is 6.61 Å². The van der Waals surface area contributed by atoms with Crippen molar-refractivity contribution < 1.29 is 25.2 Å². The second kappa shape index (κ2) is 38.3. The molecule has 0 saturated carbocycles. The van der Waals surface area contributed by atoms with Crippen LogP contribution in [0, 0.1) is 0 Å². The second-order valence-electron chi connectivity index (χ2n) is 15.0. The Morgan fingerprint density at radius 1 is 0.490 bits per heavy atom. The summed E-state index contributed by atoms with van der Waals surface area (Å²) in [6.07, 6.45) is 40.9. The van der Waals surface area contributed by atoms with Crippen molar-refractivity contribution in [3.63, 3.8) is 0 Å². The number of aliphatic hydroxyl groups is 4. The lowest BCUT2D eigenvalue weighted by molar-refractivity contribution is -0.132. The average molecular weight is 696 g/mol. The highest BCUT2D eigenvalue weighted by atomic mass is 16.3. The Balaban J connectivity index is 3.74. The molecule has 0 aliphatic rings. The lowest BCUT2D eigenvalue weighted by Gasteiger charge is -2.27. The highest BCUT2D eigenvalue weighted by molar-refractivity contribution is 5.80. The quantitative estimate of drug-likeness (QED) is 0.0325. The summed E-state index contributed by atoms with van der Waals surface area (Å²) in [5, 5.41) is 43.6. The molecular weight excluding hydrogens is 610 g/mol. The predicted molar refractivity (Wildman–Crippen MR) is 210 cm³/mol. The van der Waals surface area contributed by atoms with Gasteiger partial charge >= 0.3 is 0 Å². The van der Waals surface area contributed by atoms with E-state index >= 15 is 0 Å². The van der Waals surface area contributed by atoms with E-state index in [1.54, 1.807) is 0 Å². The number of unbranched alkanes of at least 4 members (excludes halogenated alkanes) is 28. The minimum absolute atomic E-state index is 0.371. The van der Waals surface area contributed by atoms with Gasteiger partial charge in [0.2, 0.25) is 5.91 Å². The highest BCUT2D eigenvalue weighted by Crippen LogP contribution is 2.16. The van der Waals surface area contributed by atoms with Crippen molar-refractivity contribution in [3.8, 4) is 0 Å². The van der Waals surface area contributed by atoms with Crippen LogP contribution in [0.25, 0.3) is 0 Å². The molecule has 4 atom stereocenters. The van der Waals surface area contributed by atoms with Crippen molar-refractivity contribution in [3.05, 3.63) is 12.2 Å². The van der Waals surface area contributed by atoms with Gasteiger partial charge in [0.25, 0.3) is 0 Å². The fourth-order valence-electron chi connectivity index (χ4n) is 6.75. The zero-order valence-electron chi connectivity index (χ0n) is 32.7. The molecule has 0 bridgehead atoms. The summed E-state index contributed by atoms with van der Waals surface area (Å²) in [6, 6.07) is -0.986. The van der Waals surface area contributed by atoms with Crippen molar-refractivity contribution >= 4 is 5.91 Å². The van der Waals surface area contributed by atoms with E-state index in [1.807, 2.05) is 0 Å². The number of nitrogens with one attached hydrogen (secondary N) is 1. The summed E-state index contributed by atoms with van der Waals surface area (Å²) in [4.78, 5) is 12.5. The molecule has 0 radical (unpaired) electrons. The largest absolute Gasteiger partial charge is 0.394 e. The standard InChI is InChI=1S/C43H85NO5/c1-3-5-7-9-11-13-15-17-19-20-21-23-25-27-29-31-33-35-37-41(47)43(49)44-39(38-45)42(48)40(46)36-34-32-30-28-26-24-22-18-16-14-12-10-8-6-4-2/h18,22,39-42,45-48H,3-17,19-21,23-38H2,1-2H3,(H,44,49). The summed E-state index contributed by atoms with van der Waals surface area (Å²) in [7, 11) is 0. The maximum atomic E-state index is 12.5. The minimum atomic E-state index is -1.26. The first-order chi connectivity index (χ1) is 24.0. The number of amides is 1. The van der Waals surface area contributed by atoms with Gasteiger partial charge < -0.3 is 25.7 Å². The Hall–Kier alpha value is -0.950. The van der Waals surface area contributed by atoms with Crippen LogP contribution in [0.15, 0.2) is 12.2 Å². The van der Waals surface area contributed by atoms with Gasteiger partial charge in [-0.3, -0.25) is 4.79 Å². The third kappa shape index (κ3) is 32.7. The maximum Gasteiger partial charge on any atom is 0.249 e. The van der Waals surface area contributed by atoms with E-state index in [4.69, 9.17) is 0 Å². The van der Waals surface area contributed by atoms with Crippen molar-refractivity contribution in [1.29, 1.82) is 0 Å². The Labute approximate surface area is 304 Å². The van der Waals surface area contributed by atoms with Crippen LogP contribution in [-0.4, -0.2) is 57.3 Å². The van der Waals surface area contributed by atoms with Gasteiger partial charge in [0.05, 0.1) is 18.8 Å². The Kier molecular flexibility index (Phi) is 37.5. The van der Waals surface area contributed by atoms with Crippen LogP contribution >= 0.6 is 0 Å². The van der Waals surface area contributed by atoms with E-state index in [1.165, 1.54) is 148 Å². The topological polar surface area (TPSA) is 110 Å². The predicted octanol–water partition coefficient (Wildman–Crippen LogP) is 11.0. The molecule has 0 spiro atoms. The van der Waals surface area contributed by atoms with Gasteiger partial charge in [0.1, 0.15) is 12.2 Å². The van der Waals surface area contributed by atoms with E-state index in [2.05, 4.69) is 31.3 Å². The summed E-state index contributed by atoms with van der Waals surface area (Å²) in [5.41, 5.74) is 0. The molecule has 6 heteroatoms. The van der Waals surface area contributed by atoms with Gasteiger partial charge in [0.15, 0.2) is 0 Å². The Morgan fingerprint density at radius 3 is 1.18 bits per heavy atom. The van der Waals surface area contributed by atoms with Gasteiger partial charge in [-0.25, -0.2) is 0 Å². The molecule has 0 aromatic heterocycles. The van der Waals surface area contributed by atoms with Crippen molar-refractivity contribution in [1.82, 2.24) is 5.32 Å². The number of rotatable bonds is 39. The molecule has 0 aromatic carbocycles. The first kappa shape index (κ1) is 48.0. The van der Waals surface area contributed by atoms with Gasteiger partial charge in [-0.2, -0.15) is 0 Å². The molecular formula is C43H85NO5. The normalized spacial score (nSPS) is 14.3. The second-order valence-corrected chi connectivity index (χ2v) is 15.0. The monoisotopic (exact) mass is 696 g/mol. The fourth-order valence-corrected chi connectivity index (χ4v) is 6.75. The van der Waals surface area contributed by atoms with Crippen LogP contribution in [-0.2, 0) is 4.79 Å². The molecule has 0 aliphatic heterocycles. The summed E-state index contributed by atoms with van der Waals surface area (Å²) in [5.74, 6) is -0.585. The molecule has 0 fully saturated rings. The zero-order chi connectivity index (χ0) is 36.0. The van der Waals surface area contributed by atoms with E-state index < -0.39 is 36.9 Å². The molecule has 292 valence electrons. The number of hydrogen-bond acceptors (Lipinski definition) is 5. The molecule has 1 amide bonds. The molecule has 0 heterocycles. The zero-order valence-corrected chi connectivity index (χ0v) is 32.7. The molecule has 4 unspecified atom stereocenters. The van der Waals surface area contributed by atoms with Crippen LogP contribution in [0.4, 0.5) is 0 Å². The van der Waals surface area contributed by atoms with Gasteiger partial charge in [-0.1, -0.05) is 199 Å². The molecule has 0 aliphatic carbocycles. The molecule has 49 heavy (non-hydrogen) atoms. The van der Waals surface area contributed by atoms with Crippen LogP contribution in [0.1, 0.15) is 226 Å². The molecule has 5 N–H and O–H groups in total. The van der Waals surface area contributed by atoms with Crippen molar-refractivity contribution in [2.45, 2.75) is 250 Å². The first-order valence-corrected chi connectivity index (χ1v) is 21.6. The molecule has 6 nitrogen and oxygen atoms in total. The smallest absolute Gasteiger partial charge is 0.249 e. The van der Waals surface area contributed by atoms with Crippen LogP contribution < -0.4 is 5.32 Å². The minimum Gasteiger partial charge on any atom is -0.394 e. The molecule has 0 saturated heterocycles. The third-order valence-electron chi connectivity index (χ3n) is 10.2. The Bertz CT molecular complexity index is 702. The van der Waals surface area contributed by atoms with E-state index in [0.29, 0.717) is 12.8 Å². The fraction of sp³-hybridized carbons (Fsp3) is 0.930. The number of carbonyl (C=O) groups is 1. The number of aliphatic hydroxyl groups excluding tert-OH is 4. The van der Waals surface area contributed by atoms with E-state index in [0.717, 1.165) is 51.4 Å². The van der Waals surface area contributed by atoms with Gasteiger partial charge in [0, 0.05) is 0 Å². The maximum absolute atomic E-state index is 12.5. The number of hydrogen-bond donors (Lipinski definition) is 5. The lowest BCUT2D eigenvalue weighted by Crippen LogP contribution is -2.53. The van der Waals surface area contributed by atoms with Gasteiger partial charge in [-0.15, -0.1) is 0 Å². The molecule has 0 rings (SSSR count). The van der Waals surface area contributed by atoms with Gasteiger partial charge in [-0.05, 0) is 38.5 Å². The number of carbonyl (C=O) groups excluding carboxylic acids is 1. The van der Waals surface area contributed by atoms with E-state index in [-0.39, 0.29) is 0 Å². The molecule has 0 aromatic rings. The Morgan fingerprint density at radius 2 is 0.816 bits per heavy atom. The average Bonchev–Trinajstić information content (AvgIpc) is 3.11. The summed E-state index contributed by atoms with van der Waals surface area (Å²) < 4.78 is 0. The van der Waals surface area contributed by atoms with Crippen LogP contribution in [0.5, 0.6) is 0 Å². The van der Waals surface area contributed by atoms with Crippen LogP contribution in [0.3, 0.4) is 0 Å².